The van der Waals surface area contributed by atoms with Crippen LogP contribution in [-0.4, -0.2) is 12.1 Å². The van der Waals surface area contributed by atoms with Crippen molar-refractivity contribution in [3.63, 3.8) is 0 Å². The highest BCUT2D eigenvalue weighted by Crippen LogP contribution is 2.29. The van der Waals surface area contributed by atoms with Crippen LogP contribution in [0.2, 0.25) is 0 Å². The van der Waals surface area contributed by atoms with Crippen molar-refractivity contribution >= 4 is 5.97 Å². The van der Waals surface area contributed by atoms with Crippen LogP contribution in [0.15, 0.2) is 36.9 Å². The first-order valence-corrected chi connectivity index (χ1v) is 7.24. The average molecular weight is 314 g/mol. The Morgan fingerprint density at radius 1 is 1.32 bits per heavy atom. The Bertz CT molecular complexity index is 492. The van der Waals surface area contributed by atoms with Gasteiger partial charge in [-0.05, 0) is 43.4 Å². The SMILES string of the molecule is C=C[C@H](Cc1ccc(C(F)(F)F)cc1)CC(C)OC(=O)CC. The molecule has 22 heavy (non-hydrogen) atoms. The number of carbonyl (C=O) groups is 1. The van der Waals surface area contributed by atoms with Crippen LogP contribution in [-0.2, 0) is 22.1 Å². The van der Waals surface area contributed by atoms with E-state index in [0.717, 1.165) is 17.7 Å². The molecule has 0 radical (unpaired) electrons. The maximum Gasteiger partial charge on any atom is 0.416 e. The molecule has 0 N–H and O–H groups in total. The van der Waals surface area contributed by atoms with Crippen LogP contribution in [0, 0.1) is 5.92 Å². The van der Waals surface area contributed by atoms with E-state index in [-0.39, 0.29) is 18.0 Å². The van der Waals surface area contributed by atoms with Crippen LogP contribution in [0.3, 0.4) is 0 Å². The molecule has 1 unspecified atom stereocenters. The van der Waals surface area contributed by atoms with E-state index >= 15 is 0 Å². The summed E-state index contributed by atoms with van der Waals surface area (Å²) < 4.78 is 42.7. The molecule has 1 aromatic carbocycles. The fourth-order valence-corrected chi connectivity index (χ4v) is 2.18. The maximum absolute atomic E-state index is 12.5. The summed E-state index contributed by atoms with van der Waals surface area (Å²) >= 11 is 0. The molecule has 0 saturated heterocycles. The zero-order valence-electron chi connectivity index (χ0n) is 12.8. The van der Waals surface area contributed by atoms with Crippen LogP contribution in [0.5, 0.6) is 0 Å². The van der Waals surface area contributed by atoms with Crippen LogP contribution < -0.4 is 0 Å². The number of carbonyl (C=O) groups excluding carboxylic acids is 1. The smallest absolute Gasteiger partial charge is 0.416 e. The third-order valence-corrected chi connectivity index (χ3v) is 3.37. The molecule has 5 heteroatoms. The van der Waals surface area contributed by atoms with Crippen LogP contribution in [0.4, 0.5) is 13.2 Å². The minimum absolute atomic E-state index is 0.0383. The molecular formula is C17H21F3O2. The van der Waals surface area contributed by atoms with Gasteiger partial charge < -0.3 is 4.74 Å². The van der Waals surface area contributed by atoms with Gasteiger partial charge in [-0.15, -0.1) is 6.58 Å². The largest absolute Gasteiger partial charge is 0.463 e. The summed E-state index contributed by atoms with van der Waals surface area (Å²) in [6.07, 6.45) is -1.34. The molecule has 0 amide bonds. The van der Waals surface area contributed by atoms with Crippen molar-refractivity contribution in [2.75, 3.05) is 0 Å². The number of halogens is 3. The van der Waals surface area contributed by atoms with Gasteiger partial charge in [-0.3, -0.25) is 4.79 Å². The first kappa shape index (κ1) is 18.3. The molecule has 0 aliphatic carbocycles. The van der Waals surface area contributed by atoms with Crippen molar-refractivity contribution in [3.8, 4) is 0 Å². The second-order valence-electron chi connectivity index (χ2n) is 5.28. The molecule has 0 bridgehead atoms. The van der Waals surface area contributed by atoms with Gasteiger partial charge in [0.25, 0.3) is 0 Å². The summed E-state index contributed by atoms with van der Waals surface area (Å²) in [5, 5.41) is 0. The number of rotatable bonds is 7. The highest BCUT2D eigenvalue weighted by molar-refractivity contribution is 5.69. The van der Waals surface area contributed by atoms with Crippen LogP contribution >= 0.6 is 0 Å². The van der Waals surface area contributed by atoms with E-state index in [4.69, 9.17) is 4.74 Å². The summed E-state index contributed by atoms with van der Waals surface area (Å²) in [5.41, 5.74) is 0.142. The lowest BCUT2D eigenvalue weighted by molar-refractivity contribution is -0.148. The van der Waals surface area contributed by atoms with E-state index in [9.17, 15) is 18.0 Å². The van der Waals surface area contributed by atoms with E-state index in [1.807, 2.05) is 0 Å². The quantitative estimate of drug-likeness (QED) is 0.535. The molecule has 0 aromatic heterocycles. The molecular weight excluding hydrogens is 293 g/mol. The molecule has 0 spiro atoms. The highest BCUT2D eigenvalue weighted by Gasteiger charge is 2.30. The first-order valence-electron chi connectivity index (χ1n) is 7.24. The van der Waals surface area contributed by atoms with E-state index < -0.39 is 11.7 Å². The molecule has 122 valence electrons. The predicted molar refractivity (Wildman–Crippen MR) is 79.3 cm³/mol. The average Bonchev–Trinajstić information content (AvgIpc) is 2.45. The zero-order valence-corrected chi connectivity index (χ0v) is 12.8. The molecule has 1 rings (SSSR count). The zero-order chi connectivity index (χ0) is 16.8. The standard InChI is InChI=1S/C17H21F3O2/c1-4-13(10-12(3)22-16(21)5-2)11-14-6-8-15(9-7-14)17(18,19)20/h4,6-9,12-13H,1,5,10-11H2,2-3H3/t12?,13-/m0/s1. The molecule has 0 fully saturated rings. The van der Waals surface area contributed by atoms with Gasteiger partial charge in [0.2, 0.25) is 0 Å². The lowest BCUT2D eigenvalue weighted by Crippen LogP contribution is -2.18. The summed E-state index contributed by atoms with van der Waals surface area (Å²) in [5.74, 6) is -0.221. The Balaban J connectivity index is 2.62. The van der Waals surface area contributed by atoms with Crippen molar-refractivity contribution in [2.24, 2.45) is 5.92 Å². The van der Waals surface area contributed by atoms with E-state index in [0.29, 0.717) is 19.3 Å². The van der Waals surface area contributed by atoms with E-state index in [1.54, 1.807) is 19.9 Å². The molecule has 2 nitrogen and oxygen atoms in total. The molecule has 0 heterocycles. The van der Waals surface area contributed by atoms with Gasteiger partial charge in [-0.25, -0.2) is 0 Å². The van der Waals surface area contributed by atoms with Crippen molar-refractivity contribution in [1.82, 2.24) is 0 Å². The van der Waals surface area contributed by atoms with E-state index in [1.165, 1.54) is 12.1 Å². The highest BCUT2D eigenvalue weighted by atomic mass is 19.4. The number of hydrogen-bond acceptors (Lipinski definition) is 2. The second kappa shape index (κ2) is 8.01. The van der Waals surface area contributed by atoms with Crippen molar-refractivity contribution in [2.45, 2.75) is 45.4 Å². The Kier molecular flexibility index (Phi) is 6.65. The first-order chi connectivity index (χ1) is 10.3. The Morgan fingerprint density at radius 2 is 1.91 bits per heavy atom. The second-order valence-corrected chi connectivity index (χ2v) is 5.28. The number of esters is 1. The molecule has 0 aliphatic heterocycles. The summed E-state index contributed by atoms with van der Waals surface area (Å²) in [6.45, 7) is 7.27. The van der Waals surface area contributed by atoms with Gasteiger partial charge >= 0.3 is 12.1 Å². The fourth-order valence-electron chi connectivity index (χ4n) is 2.18. The van der Waals surface area contributed by atoms with Crippen LogP contribution in [0.25, 0.3) is 0 Å². The third-order valence-electron chi connectivity index (χ3n) is 3.37. The monoisotopic (exact) mass is 314 g/mol. The fraction of sp³-hybridized carbons (Fsp3) is 0.471. The number of ether oxygens (including phenoxy) is 1. The Labute approximate surface area is 129 Å². The Morgan fingerprint density at radius 3 is 2.36 bits per heavy atom. The summed E-state index contributed by atoms with van der Waals surface area (Å²) in [7, 11) is 0. The van der Waals surface area contributed by atoms with Crippen molar-refractivity contribution in [1.29, 1.82) is 0 Å². The van der Waals surface area contributed by atoms with Gasteiger partial charge in [0.15, 0.2) is 0 Å². The van der Waals surface area contributed by atoms with Gasteiger partial charge in [-0.1, -0.05) is 25.1 Å². The third kappa shape index (κ3) is 5.92. The van der Waals surface area contributed by atoms with Gasteiger partial charge in [0.1, 0.15) is 0 Å². The molecule has 1 aromatic rings. The Hall–Kier alpha value is -1.78. The predicted octanol–water partition coefficient (Wildman–Crippen LogP) is 4.78. The summed E-state index contributed by atoms with van der Waals surface area (Å²) in [6, 6.07) is 5.11. The van der Waals surface area contributed by atoms with E-state index in [2.05, 4.69) is 6.58 Å². The van der Waals surface area contributed by atoms with Crippen LogP contribution in [0.1, 0.15) is 37.8 Å². The maximum atomic E-state index is 12.5. The topological polar surface area (TPSA) is 26.3 Å². The molecule has 2 atom stereocenters. The number of benzene rings is 1. The molecule has 0 aliphatic rings. The lowest BCUT2D eigenvalue weighted by atomic mass is 9.93. The number of hydrogen-bond donors (Lipinski definition) is 0. The number of allylic oxidation sites excluding steroid dienone is 1. The normalized spacial score (nSPS) is 14.2. The van der Waals surface area contributed by atoms with Gasteiger partial charge in [-0.2, -0.15) is 13.2 Å². The molecule has 0 saturated carbocycles. The van der Waals surface area contributed by atoms with Gasteiger partial charge in [0.05, 0.1) is 11.7 Å². The lowest BCUT2D eigenvalue weighted by Gasteiger charge is -2.18. The van der Waals surface area contributed by atoms with Gasteiger partial charge in [0, 0.05) is 6.42 Å². The van der Waals surface area contributed by atoms with Crippen molar-refractivity contribution in [3.05, 3.63) is 48.0 Å². The minimum Gasteiger partial charge on any atom is -0.463 e. The van der Waals surface area contributed by atoms with Crippen molar-refractivity contribution < 1.29 is 22.7 Å². The minimum atomic E-state index is -4.32. The summed E-state index contributed by atoms with van der Waals surface area (Å²) in [4.78, 5) is 11.2. The number of alkyl halides is 3.